The number of benzene rings is 2. The van der Waals surface area contributed by atoms with Crippen LogP contribution in [0, 0.1) is 0 Å². The van der Waals surface area contributed by atoms with Crippen LogP contribution in [0.5, 0.6) is 5.88 Å². The molecule has 0 atom stereocenters. The van der Waals surface area contributed by atoms with Crippen LogP contribution in [0.2, 0.25) is 0 Å². The van der Waals surface area contributed by atoms with E-state index in [0.717, 1.165) is 28.8 Å². The summed E-state index contributed by atoms with van der Waals surface area (Å²) in [5.41, 5.74) is 3.32. The Morgan fingerprint density at radius 1 is 1.06 bits per heavy atom. The Morgan fingerprint density at radius 3 is 2.35 bits per heavy atom. The van der Waals surface area contributed by atoms with Gasteiger partial charge in [-0.25, -0.2) is 4.98 Å². The zero-order chi connectivity index (χ0) is 24.1. The number of aryl methyl sites for hydroxylation is 1. The molecule has 1 aromatic heterocycles. The number of anilines is 1. The van der Waals surface area contributed by atoms with Gasteiger partial charge in [0.15, 0.2) is 0 Å². The molecule has 3 aromatic rings. The van der Waals surface area contributed by atoms with Crippen LogP contribution in [0.3, 0.4) is 0 Å². The monoisotopic (exact) mass is 459 g/mol. The zero-order valence-corrected chi connectivity index (χ0v) is 20.1. The summed E-state index contributed by atoms with van der Waals surface area (Å²) in [5, 5.41) is 10.9. The van der Waals surface area contributed by atoms with Crippen molar-refractivity contribution in [1.29, 1.82) is 0 Å². The minimum atomic E-state index is -0.948. The van der Waals surface area contributed by atoms with Crippen molar-refractivity contribution in [3.63, 3.8) is 0 Å². The summed E-state index contributed by atoms with van der Waals surface area (Å²) in [5.74, 6) is 0.582. The summed E-state index contributed by atoms with van der Waals surface area (Å²) in [4.78, 5) is 20.9. The van der Waals surface area contributed by atoms with Gasteiger partial charge in [-0.3, -0.25) is 4.79 Å². The van der Waals surface area contributed by atoms with Gasteiger partial charge >= 0.3 is 0 Å². The highest BCUT2D eigenvalue weighted by atomic mass is 16.5. The molecule has 0 aliphatic heterocycles. The van der Waals surface area contributed by atoms with Gasteiger partial charge in [0, 0.05) is 64.3 Å². The molecule has 0 unspecified atom stereocenters. The maximum atomic E-state index is 12.6. The fourth-order valence-corrected chi connectivity index (χ4v) is 4.41. The quantitative estimate of drug-likeness (QED) is 0.520. The molecule has 34 heavy (non-hydrogen) atoms. The van der Waals surface area contributed by atoms with Crippen molar-refractivity contribution >= 4 is 11.6 Å². The van der Waals surface area contributed by atoms with E-state index in [1.54, 1.807) is 4.90 Å². The molecule has 0 bridgehead atoms. The first-order valence-corrected chi connectivity index (χ1v) is 11.7. The van der Waals surface area contributed by atoms with Gasteiger partial charge in [0.25, 0.3) is 0 Å². The molecular formula is C28H33N3O3. The number of carbonyl (C=O) groups is 1. The predicted octanol–water partition coefficient (Wildman–Crippen LogP) is 4.18. The van der Waals surface area contributed by atoms with Crippen molar-refractivity contribution in [2.75, 3.05) is 32.6 Å². The van der Waals surface area contributed by atoms with Gasteiger partial charge < -0.3 is 19.6 Å². The lowest BCUT2D eigenvalue weighted by Gasteiger charge is -2.47. The molecule has 0 spiro atoms. The Kier molecular flexibility index (Phi) is 7.17. The molecule has 1 aliphatic rings. The molecule has 6 nitrogen and oxygen atoms in total. The molecule has 1 heterocycles. The predicted molar refractivity (Wildman–Crippen MR) is 135 cm³/mol. The number of hydrogen-bond acceptors (Lipinski definition) is 5. The van der Waals surface area contributed by atoms with Crippen LogP contribution in [-0.4, -0.2) is 60.3 Å². The van der Waals surface area contributed by atoms with Crippen molar-refractivity contribution in [3.8, 4) is 17.0 Å². The summed E-state index contributed by atoms with van der Waals surface area (Å²) in [7, 11) is 5.80. The van der Waals surface area contributed by atoms with E-state index in [2.05, 4.69) is 17.1 Å². The third-order valence-corrected chi connectivity index (χ3v) is 6.56. The number of hydrogen-bond donors (Lipinski definition) is 1. The van der Waals surface area contributed by atoms with E-state index >= 15 is 0 Å². The van der Waals surface area contributed by atoms with Gasteiger partial charge in [-0.15, -0.1) is 0 Å². The number of pyridine rings is 1. The molecular weight excluding hydrogens is 426 g/mol. The van der Waals surface area contributed by atoms with Crippen molar-refractivity contribution in [2.24, 2.45) is 0 Å². The number of nitrogens with zero attached hydrogens (tertiary/aromatic N) is 3. The molecule has 0 saturated heterocycles. The second-order valence-electron chi connectivity index (χ2n) is 9.37. The van der Waals surface area contributed by atoms with Crippen LogP contribution in [0.25, 0.3) is 11.1 Å². The smallest absolute Gasteiger partial charge is 0.222 e. The highest BCUT2D eigenvalue weighted by Gasteiger charge is 2.46. The zero-order valence-electron chi connectivity index (χ0n) is 20.1. The number of carbonyl (C=O) groups excluding carboxylic acids is 1. The number of rotatable bonds is 9. The topological polar surface area (TPSA) is 65.9 Å². The van der Waals surface area contributed by atoms with Crippen molar-refractivity contribution in [3.05, 3.63) is 78.5 Å². The molecule has 1 N–H and O–H groups in total. The summed E-state index contributed by atoms with van der Waals surface area (Å²) in [6.45, 7) is 0.153. The van der Waals surface area contributed by atoms with E-state index < -0.39 is 5.60 Å². The molecule has 4 rings (SSSR count). The highest BCUT2D eigenvalue weighted by molar-refractivity contribution is 5.78. The number of aliphatic hydroxyl groups is 1. The maximum Gasteiger partial charge on any atom is 0.222 e. The van der Waals surface area contributed by atoms with Crippen molar-refractivity contribution in [2.45, 2.75) is 37.3 Å². The first-order chi connectivity index (χ1) is 16.3. The minimum absolute atomic E-state index is 0.0302. The fraction of sp³-hybridized carbons (Fsp3) is 0.357. The third-order valence-electron chi connectivity index (χ3n) is 6.56. The third kappa shape index (κ3) is 5.57. The Labute approximate surface area is 201 Å². The van der Waals surface area contributed by atoms with Gasteiger partial charge in [0.2, 0.25) is 11.8 Å². The average molecular weight is 460 g/mol. The Hall–Kier alpha value is -3.38. The molecule has 1 amide bonds. The van der Waals surface area contributed by atoms with Crippen LogP contribution in [-0.2, 0) is 11.2 Å². The van der Waals surface area contributed by atoms with E-state index in [4.69, 9.17) is 4.74 Å². The maximum absolute atomic E-state index is 12.6. The SMILES string of the molecule is CN(C)c1cc(OCC2(O)CC(N(C)C(=O)CCc3ccccc3)C2)ncc1-c1ccccc1. The van der Waals surface area contributed by atoms with Crippen LogP contribution < -0.4 is 9.64 Å². The van der Waals surface area contributed by atoms with Gasteiger partial charge in [-0.1, -0.05) is 60.7 Å². The summed E-state index contributed by atoms with van der Waals surface area (Å²) in [6.07, 6.45) is 4.01. The lowest BCUT2D eigenvalue weighted by Crippen LogP contribution is -2.58. The highest BCUT2D eigenvalue weighted by Crippen LogP contribution is 2.37. The van der Waals surface area contributed by atoms with Crippen LogP contribution in [0.1, 0.15) is 24.8 Å². The van der Waals surface area contributed by atoms with Crippen molar-refractivity contribution < 1.29 is 14.6 Å². The Balaban J connectivity index is 1.30. The average Bonchev–Trinajstić information content (AvgIpc) is 2.85. The molecule has 178 valence electrons. The van der Waals surface area contributed by atoms with Gasteiger partial charge in [0.05, 0.1) is 5.69 Å². The van der Waals surface area contributed by atoms with E-state index in [1.807, 2.05) is 86.8 Å². The minimum Gasteiger partial charge on any atom is -0.475 e. The summed E-state index contributed by atoms with van der Waals surface area (Å²) in [6, 6.07) is 22.1. The van der Waals surface area contributed by atoms with Crippen molar-refractivity contribution in [1.82, 2.24) is 9.88 Å². The second kappa shape index (κ2) is 10.3. The first-order valence-electron chi connectivity index (χ1n) is 11.7. The van der Waals surface area contributed by atoms with Crippen LogP contribution in [0.15, 0.2) is 72.9 Å². The molecule has 1 aliphatic carbocycles. The number of aromatic nitrogens is 1. The van der Waals surface area contributed by atoms with Gasteiger partial charge in [0.1, 0.15) is 12.2 Å². The molecule has 2 aromatic carbocycles. The number of ether oxygens (including phenoxy) is 1. The van der Waals surface area contributed by atoms with Crippen LogP contribution in [0.4, 0.5) is 5.69 Å². The molecule has 6 heteroatoms. The molecule has 1 fully saturated rings. The lowest BCUT2D eigenvalue weighted by molar-refractivity contribution is -0.146. The Bertz CT molecular complexity index is 1100. The fourth-order valence-electron chi connectivity index (χ4n) is 4.41. The number of amides is 1. The standard InChI is InChI=1S/C28H33N3O3/c1-30(2)25-16-26(29-19-24(25)22-12-8-5-9-13-22)34-20-28(33)17-23(18-28)31(3)27(32)15-14-21-10-6-4-7-11-21/h4-13,16,19,23,33H,14-15,17-18,20H2,1-3H3. The molecule has 0 radical (unpaired) electrons. The van der Waals surface area contributed by atoms with E-state index in [1.165, 1.54) is 0 Å². The summed E-state index contributed by atoms with van der Waals surface area (Å²) < 4.78 is 5.90. The molecule has 1 saturated carbocycles. The largest absolute Gasteiger partial charge is 0.475 e. The second-order valence-corrected chi connectivity index (χ2v) is 9.37. The Morgan fingerprint density at radius 2 is 1.71 bits per heavy atom. The normalized spacial score (nSPS) is 19.2. The van der Waals surface area contributed by atoms with Gasteiger partial charge in [-0.2, -0.15) is 0 Å². The lowest BCUT2D eigenvalue weighted by atomic mass is 9.75. The first kappa shape index (κ1) is 23.8. The van der Waals surface area contributed by atoms with Gasteiger partial charge in [-0.05, 0) is 17.5 Å². The van der Waals surface area contributed by atoms with E-state index in [0.29, 0.717) is 25.1 Å². The van der Waals surface area contributed by atoms with Crippen LogP contribution >= 0.6 is 0 Å². The van der Waals surface area contributed by atoms with E-state index in [-0.39, 0.29) is 18.6 Å². The summed E-state index contributed by atoms with van der Waals surface area (Å²) >= 11 is 0. The van der Waals surface area contributed by atoms with E-state index in [9.17, 15) is 9.90 Å².